The van der Waals surface area contributed by atoms with Crippen LogP contribution in [-0.2, 0) is 9.53 Å². The Labute approximate surface area is 98.0 Å². The van der Waals surface area contributed by atoms with Crippen LogP contribution in [0.3, 0.4) is 0 Å². The van der Waals surface area contributed by atoms with Gasteiger partial charge in [-0.2, -0.15) is 0 Å². The molecule has 1 rings (SSSR count). The summed E-state index contributed by atoms with van der Waals surface area (Å²) in [6.45, 7) is -0.0669. The maximum Gasteiger partial charge on any atom is 0.337 e. The second-order valence-corrected chi connectivity index (χ2v) is 3.07. The number of carbonyl (C=O) groups excluding carboxylic acids is 3. The second kappa shape index (κ2) is 6.26. The van der Waals surface area contributed by atoms with Crippen molar-refractivity contribution in [2.45, 2.75) is 0 Å². The number of hydrogen-bond donors (Lipinski definition) is 2. The summed E-state index contributed by atoms with van der Waals surface area (Å²) in [4.78, 5) is 32.5. The van der Waals surface area contributed by atoms with E-state index in [2.05, 4.69) is 15.4 Å². The molecule has 1 aromatic rings. The van der Waals surface area contributed by atoms with E-state index in [1.807, 2.05) is 0 Å². The summed E-state index contributed by atoms with van der Waals surface area (Å²) in [6.07, 6.45) is 0.574. The Balaban J connectivity index is 2.68. The summed E-state index contributed by atoms with van der Waals surface area (Å²) < 4.78 is 4.55. The van der Waals surface area contributed by atoms with E-state index in [9.17, 15) is 14.4 Å². The van der Waals surface area contributed by atoms with Gasteiger partial charge in [-0.05, 0) is 18.2 Å². The molecule has 90 valence electrons. The summed E-state index contributed by atoms with van der Waals surface area (Å²) in [7, 11) is 1.28. The standard InChI is InChI=1S/C11H12N2O4/c1-17-10(15)8-3-2-4-9(7-8)13-11(16)12-5-6-14/h2-4,6-7H,5H2,1H3,(H2,12,13,16). The summed E-state index contributed by atoms with van der Waals surface area (Å²) in [5.74, 6) is -0.484. The first-order chi connectivity index (χ1) is 8.17. The van der Waals surface area contributed by atoms with Crippen molar-refractivity contribution in [2.75, 3.05) is 19.0 Å². The minimum absolute atomic E-state index is 0.0669. The van der Waals surface area contributed by atoms with Crippen LogP contribution in [0.4, 0.5) is 10.5 Å². The predicted molar refractivity (Wildman–Crippen MR) is 60.9 cm³/mol. The maximum atomic E-state index is 11.2. The van der Waals surface area contributed by atoms with E-state index in [1.165, 1.54) is 13.2 Å². The first kappa shape index (κ1) is 12.7. The van der Waals surface area contributed by atoms with E-state index in [-0.39, 0.29) is 6.54 Å². The third kappa shape index (κ3) is 3.94. The Kier molecular flexibility index (Phi) is 4.68. The molecule has 0 fully saturated rings. The highest BCUT2D eigenvalue weighted by atomic mass is 16.5. The Morgan fingerprint density at radius 1 is 1.41 bits per heavy atom. The molecule has 0 aliphatic carbocycles. The van der Waals surface area contributed by atoms with Gasteiger partial charge in [-0.15, -0.1) is 0 Å². The smallest absolute Gasteiger partial charge is 0.337 e. The first-order valence-corrected chi connectivity index (χ1v) is 4.84. The average molecular weight is 236 g/mol. The third-order valence-corrected chi connectivity index (χ3v) is 1.89. The molecule has 2 amide bonds. The lowest BCUT2D eigenvalue weighted by molar-refractivity contribution is -0.107. The maximum absolute atomic E-state index is 11.2. The largest absolute Gasteiger partial charge is 0.465 e. The van der Waals surface area contributed by atoms with Gasteiger partial charge in [0.1, 0.15) is 6.29 Å². The van der Waals surface area contributed by atoms with E-state index in [1.54, 1.807) is 18.2 Å². The zero-order chi connectivity index (χ0) is 12.7. The van der Waals surface area contributed by atoms with Crippen LogP contribution >= 0.6 is 0 Å². The minimum atomic E-state index is -0.515. The van der Waals surface area contributed by atoms with E-state index >= 15 is 0 Å². The monoisotopic (exact) mass is 236 g/mol. The summed E-state index contributed by atoms with van der Waals surface area (Å²) >= 11 is 0. The van der Waals surface area contributed by atoms with Crippen molar-refractivity contribution in [2.24, 2.45) is 0 Å². The van der Waals surface area contributed by atoms with Crippen LogP contribution in [0.1, 0.15) is 10.4 Å². The van der Waals surface area contributed by atoms with Crippen LogP contribution in [-0.4, -0.2) is 31.9 Å². The number of methoxy groups -OCH3 is 1. The molecule has 0 spiro atoms. The van der Waals surface area contributed by atoms with Gasteiger partial charge in [-0.3, -0.25) is 0 Å². The fourth-order valence-corrected chi connectivity index (χ4v) is 1.15. The molecule has 0 unspecified atom stereocenters. The van der Waals surface area contributed by atoms with E-state index in [0.717, 1.165) is 0 Å². The number of anilines is 1. The molecule has 6 nitrogen and oxygen atoms in total. The van der Waals surface area contributed by atoms with Crippen molar-refractivity contribution >= 4 is 24.0 Å². The van der Waals surface area contributed by atoms with Crippen LogP contribution in [0, 0.1) is 0 Å². The van der Waals surface area contributed by atoms with Gasteiger partial charge in [0.2, 0.25) is 0 Å². The number of urea groups is 1. The second-order valence-electron chi connectivity index (χ2n) is 3.07. The van der Waals surface area contributed by atoms with Gasteiger partial charge in [-0.1, -0.05) is 6.07 Å². The number of ether oxygens (including phenoxy) is 1. The van der Waals surface area contributed by atoms with E-state index in [4.69, 9.17) is 0 Å². The fraction of sp³-hybridized carbons (Fsp3) is 0.182. The molecule has 2 N–H and O–H groups in total. The van der Waals surface area contributed by atoms with Crippen LogP contribution < -0.4 is 10.6 Å². The lowest BCUT2D eigenvalue weighted by atomic mass is 10.2. The highest BCUT2D eigenvalue weighted by molar-refractivity contribution is 5.94. The molecule has 0 bridgehead atoms. The summed E-state index contributed by atoms with van der Waals surface area (Å²) in [5.41, 5.74) is 0.775. The van der Waals surface area contributed by atoms with E-state index in [0.29, 0.717) is 17.5 Å². The van der Waals surface area contributed by atoms with Crippen LogP contribution in [0.25, 0.3) is 0 Å². The van der Waals surface area contributed by atoms with Crippen LogP contribution in [0.5, 0.6) is 0 Å². The molecular weight excluding hydrogens is 224 g/mol. The first-order valence-electron chi connectivity index (χ1n) is 4.84. The van der Waals surface area contributed by atoms with Crippen LogP contribution in [0.15, 0.2) is 24.3 Å². The molecule has 0 saturated heterocycles. The number of rotatable bonds is 4. The predicted octanol–water partition coefficient (Wildman–Crippen LogP) is 0.794. The van der Waals surface area contributed by atoms with Crippen molar-refractivity contribution in [1.29, 1.82) is 0 Å². The third-order valence-electron chi connectivity index (χ3n) is 1.89. The van der Waals surface area contributed by atoms with Gasteiger partial charge >= 0.3 is 12.0 Å². The Morgan fingerprint density at radius 3 is 2.82 bits per heavy atom. The SMILES string of the molecule is COC(=O)c1cccc(NC(=O)NCC=O)c1. The lowest BCUT2D eigenvalue weighted by Crippen LogP contribution is -2.30. The Bertz CT molecular complexity index is 431. The highest BCUT2D eigenvalue weighted by Gasteiger charge is 2.06. The lowest BCUT2D eigenvalue weighted by Gasteiger charge is -2.06. The topological polar surface area (TPSA) is 84.5 Å². The van der Waals surface area contributed by atoms with Crippen molar-refractivity contribution in [3.05, 3.63) is 29.8 Å². The number of aldehydes is 1. The highest BCUT2D eigenvalue weighted by Crippen LogP contribution is 2.11. The average Bonchev–Trinajstić information content (AvgIpc) is 2.35. The quantitative estimate of drug-likeness (QED) is 0.598. The zero-order valence-corrected chi connectivity index (χ0v) is 9.23. The molecule has 0 aromatic heterocycles. The minimum Gasteiger partial charge on any atom is -0.465 e. The van der Waals surface area contributed by atoms with Gasteiger partial charge in [0.25, 0.3) is 0 Å². The molecule has 0 atom stereocenters. The molecule has 6 heteroatoms. The molecule has 0 aliphatic heterocycles. The number of amides is 2. The number of nitrogens with one attached hydrogen (secondary N) is 2. The molecule has 0 radical (unpaired) electrons. The van der Waals surface area contributed by atoms with Crippen molar-refractivity contribution in [1.82, 2.24) is 5.32 Å². The molecule has 1 aromatic carbocycles. The van der Waals surface area contributed by atoms with Crippen molar-refractivity contribution in [3.63, 3.8) is 0 Å². The fourth-order valence-electron chi connectivity index (χ4n) is 1.15. The molecule has 0 aliphatic rings. The van der Waals surface area contributed by atoms with Crippen molar-refractivity contribution in [3.8, 4) is 0 Å². The Morgan fingerprint density at radius 2 is 2.18 bits per heavy atom. The number of benzene rings is 1. The van der Waals surface area contributed by atoms with Crippen LogP contribution in [0.2, 0.25) is 0 Å². The number of hydrogen-bond acceptors (Lipinski definition) is 4. The summed E-state index contributed by atoms with van der Waals surface area (Å²) in [5, 5.41) is 4.79. The van der Waals surface area contributed by atoms with Gasteiger partial charge in [-0.25, -0.2) is 9.59 Å². The molecule has 17 heavy (non-hydrogen) atoms. The van der Waals surface area contributed by atoms with Gasteiger partial charge in [0, 0.05) is 5.69 Å². The number of carbonyl (C=O) groups is 3. The van der Waals surface area contributed by atoms with Crippen molar-refractivity contribution < 1.29 is 19.1 Å². The van der Waals surface area contributed by atoms with Gasteiger partial charge in [0.15, 0.2) is 0 Å². The normalized spacial score (nSPS) is 9.24. The van der Waals surface area contributed by atoms with E-state index < -0.39 is 12.0 Å². The Hall–Kier alpha value is -2.37. The molecular formula is C11H12N2O4. The molecule has 0 saturated carbocycles. The molecule has 0 heterocycles. The van der Waals surface area contributed by atoms with Gasteiger partial charge < -0.3 is 20.2 Å². The number of esters is 1. The zero-order valence-electron chi connectivity index (χ0n) is 9.23. The summed E-state index contributed by atoms with van der Waals surface area (Å²) in [6, 6.07) is 5.76. The van der Waals surface area contributed by atoms with Gasteiger partial charge in [0.05, 0.1) is 19.2 Å².